The van der Waals surface area contributed by atoms with Gasteiger partial charge >= 0.3 is 12.0 Å². The van der Waals surface area contributed by atoms with E-state index in [9.17, 15) is 9.59 Å². The Bertz CT molecular complexity index is 623. The van der Waals surface area contributed by atoms with Crippen LogP contribution < -0.4 is 10.6 Å². The Kier molecular flexibility index (Phi) is 4.76. The Balaban J connectivity index is 1.78. The second-order valence-corrected chi connectivity index (χ2v) is 6.30. The van der Waals surface area contributed by atoms with Crippen LogP contribution in [0, 0.1) is 0 Å². The van der Waals surface area contributed by atoms with Gasteiger partial charge in [0.2, 0.25) is 0 Å². The van der Waals surface area contributed by atoms with E-state index in [0.29, 0.717) is 6.61 Å². The summed E-state index contributed by atoms with van der Waals surface area (Å²) in [5.74, 6) is -0.436. The normalized spacial score (nSPS) is 15.0. The van der Waals surface area contributed by atoms with Crippen LogP contribution in [0.25, 0.3) is 0 Å². The summed E-state index contributed by atoms with van der Waals surface area (Å²) in [4.78, 5) is 23.5. The molecule has 5 nitrogen and oxygen atoms in total. The van der Waals surface area contributed by atoms with Crippen LogP contribution in [-0.2, 0) is 35.2 Å². The first-order valence-electron chi connectivity index (χ1n) is 8.17. The predicted octanol–water partition coefficient (Wildman–Crippen LogP) is 3.00. The van der Waals surface area contributed by atoms with Crippen molar-refractivity contribution in [2.45, 2.75) is 45.4 Å². The highest BCUT2D eigenvalue weighted by atomic mass is 35.5. The van der Waals surface area contributed by atoms with E-state index in [-0.39, 0.29) is 12.6 Å². The molecule has 0 saturated carbocycles. The largest absolute Gasteiger partial charge is 0.465 e. The van der Waals surface area contributed by atoms with Crippen molar-refractivity contribution in [3.63, 3.8) is 0 Å². The molecular formula is C17H21ClN2O3. The summed E-state index contributed by atoms with van der Waals surface area (Å²) < 4.78 is 4.81. The van der Waals surface area contributed by atoms with Gasteiger partial charge in [0.05, 0.1) is 6.61 Å². The van der Waals surface area contributed by atoms with Crippen molar-refractivity contribution in [1.29, 1.82) is 0 Å². The molecule has 0 unspecified atom stereocenters. The van der Waals surface area contributed by atoms with Gasteiger partial charge in [-0.05, 0) is 67.7 Å². The van der Waals surface area contributed by atoms with E-state index in [1.807, 2.05) is 0 Å². The van der Waals surface area contributed by atoms with Crippen LogP contribution in [0.4, 0.5) is 10.5 Å². The molecule has 0 radical (unpaired) electrons. The molecule has 0 spiro atoms. The molecule has 2 amide bonds. The molecule has 0 aliphatic heterocycles. The molecule has 23 heavy (non-hydrogen) atoms. The zero-order valence-electron chi connectivity index (χ0n) is 13.3. The van der Waals surface area contributed by atoms with E-state index >= 15 is 0 Å². The summed E-state index contributed by atoms with van der Waals surface area (Å²) in [6.45, 7) is 1.91. The van der Waals surface area contributed by atoms with E-state index in [1.54, 1.807) is 6.92 Å². The van der Waals surface area contributed by atoms with E-state index in [2.05, 4.69) is 10.6 Å². The fraction of sp³-hybridized carbons (Fsp3) is 0.529. The number of ether oxygens (including phenoxy) is 1. The molecule has 0 heterocycles. The van der Waals surface area contributed by atoms with Gasteiger partial charge in [0, 0.05) is 10.7 Å². The molecule has 1 aromatic carbocycles. The lowest BCUT2D eigenvalue weighted by atomic mass is 9.98. The van der Waals surface area contributed by atoms with Crippen LogP contribution in [-0.4, -0.2) is 25.2 Å². The number of amides is 2. The SMILES string of the molecule is CCOC(=O)CNC(=O)Nc1c2c(c(Cl)c3c1CCC3)CCC2. The van der Waals surface area contributed by atoms with Gasteiger partial charge in [-0.3, -0.25) is 4.79 Å². The standard InChI is InChI=1S/C17H21ClN2O3/c1-2-23-14(21)9-19-17(22)20-16-12-7-3-5-10(12)15(18)11-6-4-8-13(11)16/h2-9H2,1H3,(H2,19,20,22). The minimum atomic E-state index is -0.436. The van der Waals surface area contributed by atoms with E-state index in [1.165, 1.54) is 22.3 Å². The quantitative estimate of drug-likeness (QED) is 0.830. The number of halogens is 1. The third-order valence-electron chi connectivity index (χ3n) is 4.51. The van der Waals surface area contributed by atoms with E-state index in [0.717, 1.165) is 49.2 Å². The maximum absolute atomic E-state index is 12.1. The van der Waals surface area contributed by atoms with Gasteiger partial charge in [0.15, 0.2) is 0 Å². The van der Waals surface area contributed by atoms with Crippen LogP contribution in [0.15, 0.2) is 0 Å². The molecule has 2 aliphatic rings. The van der Waals surface area contributed by atoms with Crippen LogP contribution in [0.1, 0.15) is 42.0 Å². The molecule has 0 fully saturated rings. The summed E-state index contributed by atoms with van der Waals surface area (Å²) in [5, 5.41) is 6.41. The van der Waals surface area contributed by atoms with Crippen LogP contribution in [0.3, 0.4) is 0 Å². The molecule has 2 aliphatic carbocycles. The van der Waals surface area contributed by atoms with Gasteiger partial charge in [-0.25, -0.2) is 4.79 Å². The third-order valence-corrected chi connectivity index (χ3v) is 4.96. The van der Waals surface area contributed by atoms with Crippen molar-refractivity contribution < 1.29 is 14.3 Å². The van der Waals surface area contributed by atoms with E-state index in [4.69, 9.17) is 16.3 Å². The molecular weight excluding hydrogens is 316 g/mol. The summed E-state index contributed by atoms with van der Waals surface area (Å²) >= 11 is 6.56. The first-order chi connectivity index (χ1) is 11.1. The Morgan fingerprint density at radius 2 is 1.61 bits per heavy atom. The molecule has 3 rings (SSSR count). The number of carbonyl (C=O) groups excluding carboxylic acids is 2. The van der Waals surface area contributed by atoms with E-state index < -0.39 is 5.97 Å². The van der Waals surface area contributed by atoms with Gasteiger partial charge in [-0.1, -0.05) is 11.6 Å². The van der Waals surface area contributed by atoms with Gasteiger partial charge in [0.25, 0.3) is 0 Å². The zero-order valence-corrected chi connectivity index (χ0v) is 14.0. The summed E-state index contributed by atoms with van der Waals surface area (Å²) in [7, 11) is 0. The Labute approximate surface area is 140 Å². The highest BCUT2D eigenvalue weighted by Gasteiger charge is 2.28. The summed E-state index contributed by atoms with van der Waals surface area (Å²) in [5.41, 5.74) is 5.63. The van der Waals surface area contributed by atoms with Crippen molar-refractivity contribution >= 4 is 29.3 Å². The smallest absolute Gasteiger partial charge is 0.325 e. The zero-order chi connectivity index (χ0) is 16.4. The molecule has 124 valence electrons. The number of carbonyl (C=O) groups is 2. The molecule has 0 saturated heterocycles. The molecule has 2 N–H and O–H groups in total. The second-order valence-electron chi connectivity index (χ2n) is 5.92. The molecule has 0 atom stereocenters. The lowest BCUT2D eigenvalue weighted by Gasteiger charge is -2.18. The average Bonchev–Trinajstić information content (AvgIpc) is 3.19. The minimum absolute atomic E-state index is 0.127. The van der Waals surface area contributed by atoms with Gasteiger partial charge in [0.1, 0.15) is 6.54 Å². The van der Waals surface area contributed by atoms with Crippen molar-refractivity contribution in [2.24, 2.45) is 0 Å². The fourth-order valence-corrected chi connectivity index (χ4v) is 3.98. The average molecular weight is 337 g/mol. The number of nitrogens with one attached hydrogen (secondary N) is 2. The number of esters is 1. The first kappa shape index (κ1) is 16.1. The topological polar surface area (TPSA) is 67.4 Å². The Hall–Kier alpha value is -1.75. The number of anilines is 1. The number of fused-ring (bicyclic) bond motifs is 2. The Morgan fingerprint density at radius 1 is 1.04 bits per heavy atom. The number of hydrogen-bond acceptors (Lipinski definition) is 3. The third kappa shape index (κ3) is 3.15. The predicted molar refractivity (Wildman–Crippen MR) is 89.2 cm³/mol. The van der Waals surface area contributed by atoms with Gasteiger partial charge in [-0.2, -0.15) is 0 Å². The van der Waals surface area contributed by atoms with Crippen molar-refractivity contribution in [2.75, 3.05) is 18.5 Å². The lowest BCUT2D eigenvalue weighted by molar-refractivity contribution is -0.141. The highest BCUT2D eigenvalue weighted by molar-refractivity contribution is 6.32. The maximum Gasteiger partial charge on any atom is 0.325 e. The lowest BCUT2D eigenvalue weighted by Crippen LogP contribution is -2.34. The molecule has 1 aromatic rings. The number of benzene rings is 1. The second kappa shape index (κ2) is 6.79. The maximum atomic E-state index is 12.1. The van der Waals surface area contributed by atoms with Gasteiger partial charge < -0.3 is 15.4 Å². The number of rotatable bonds is 4. The first-order valence-corrected chi connectivity index (χ1v) is 8.55. The summed E-state index contributed by atoms with van der Waals surface area (Å²) in [6, 6.07) is -0.372. The Morgan fingerprint density at radius 3 is 2.17 bits per heavy atom. The summed E-state index contributed by atoms with van der Waals surface area (Å²) in [6.07, 6.45) is 5.96. The van der Waals surface area contributed by atoms with Crippen molar-refractivity contribution in [3.05, 3.63) is 27.3 Å². The van der Waals surface area contributed by atoms with Crippen LogP contribution in [0.5, 0.6) is 0 Å². The van der Waals surface area contributed by atoms with Gasteiger partial charge in [-0.15, -0.1) is 0 Å². The molecule has 0 aromatic heterocycles. The van der Waals surface area contributed by atoms with Crippen LogP contribution >= 0.6 is 11.6 Å². The number of urea groups is 1. The molecule has 6 heteroatoms. The monoisotopic (exact) mass is 336 g/mol. The van der Waals surface area contributed by atoms with Crippen molar-refractivity contribution in [3.8, 4) is 0 Å². The van der Waals surface area contributed by atoms with Crippen LogP contribution in [0.2, 0.25) is 5.02 Å². The fourth-order valence-electron chi connectivity index (χ4n) is 3.56. The van der Waals surface area contributed by atoms with Crippen molar-refractivity contribution in [1.82, 2.24) is 5.32 Å². The minimum Gasteiger partial charge on any atom is -0.465 e. The highest BCUT2D eigenvalue weighted by Crippen LogP contribution is 2.43. The number of hydrogen-bond donors (Lipinski definition) is 2. The molecule has 0 bridgehead atoms.